The number of carboxylic acid groups (broad SMARTS) is 1. The van der Waals surface area contributed by atoms with Crippen LogP contribution in [0.3, 0.4) is 0 Å². The minimum Gasteiger partial charge on any atom is -0.481 e. The summed E-state index contributed by atoms with van der Waals surface area (Å²) in [7, 11) is 0. The molecule has 4 heteroatoms. The maximum absolute atomic E-state index is 10.5. The van der Waals surface area contributed by atoms with Gasteiger partial charge in [0.2, 0.25) is 0 Å². The fourth-order valence-corrected chi connectivity index (χ4v) is 2.38. The highest BCUT2D eigenvalue weighted by Crippen LogP contribution is 2.39. The summed E-state index contributed by atoms with van der Waals surface area (Å²) in [4.78, 5) is 10.5. The van der Waals surface area contributed by atoms with Gasteiger partial charge in [0.15, 0.2) is 0 Å². The number of carboxylic acids is 1. The highest BCUT2D eigenvalue weighted by Gasteiger charge is 2.36. The lowest BCUT2D eigenvalue weighted by molar-refractivity contribution is -0.137. The van der Waals surface area contributed by atoms with Crippen molar-refractivity contribution < 1.29 is 15.0 Å². The fourth-order valence-electron chi connectivity index (χ4n) is 2.38. The summed E-state index contributed by atoms with van der Waals surface area (Å²) < 4.78 is 0. The molecule has 0 heterocycles. The summed E-state index contributed by atoms with van der Waals surface area (Å²) in [5, 5.41) is 22.3. The first-order chi connectivity index (χ1) is 8.22. The molecule has 1 rings (SSSR count). The van der Waals surface area contributed by atoms with Gasteiger partial charge in [-0.25, -0.2) is 0 Å². The van der Waals surface area contributed by atoms with Gasteiger partial charge in [-0.05, 0) is 44.4 Å². The van der Waals surface area contributed by atoms with Gasteiger partial charge in [0.25, 0.3) is 0 Å². The number of rotatable bonds is 6. The average Bonchev–Trinajstić information content (AvgIpc) is 2.29. The van der Waals surface area contributed by atoms with E-state index in [1.165, 1.54) is 0 Å². The molecule has 0 amide bonds. The van der Waals surface area contributed by atoms with Gasteiger partial charge in [-0.1, -0.05) is 13.8 Å². The van der Waals surface area contributed by atoms with Crippen molar-refractivity contribution in [3.63, 3.8) is 0 Å². The van der Waals surface area contributed by atoms with E-state index in [9.17, 15) is 9.90 Å². The van der Waals surface area contributed by atoms with E-state index >= 15 is 0 Å². The standard InChI is InChI=1S/C14H27NO3/c1-11(4-5-12(16)17)15-10-14(18)8-6-13(2,3)7-9-14/h11,15,18H,4-10H2,1-3H3,(H,16,17). The van der Waals surface area contributed by atoms with Crippen molar-refractivity contribution >= 4 is 5.97 Å². The minimum atomic E-state index is -0.762. The van der Waals surface area contributed by atoms with E-state index in [1.54, 1.807) is 0 Å². The van der Waals surface area contributed by atoms with Gasteiger partial charge in [0.05, 0.1) is 5.60 Å². The van der Waals surface area contributed by atoms with Gasteiger partial charge in [-0.2, -0.15) is 0 Å². The van der Waals surface area contributed by atoms with E-state index in [1.807, 2.05) is 6.92 Å². The molecule has 1 saturated carbocycles. The SMILES string of the molecule is CC(CCC(=O)O)NCC1(O)CCC(C)(C)CC1. The Morgan fingerprint density at radius 3 is 2.33 bits per heavy atom. The van der Waals surface area contributed by atoms with Crippen LogP contribution in [0.2, 0.25) is 0 Å². The van der Waals surface area contributed by atoms with E-state index in [4.69, 9.17) is 5.11 Å². The van der Waals surface area contributed by atoms with Crippen LogP contribution in [0, 0.1) is 5.41 Å². The largest absolute Gasteiger partial charge is 0.481 e. The van der Waals surface area contributed by atoms with Crippen LogP contribution in [0.1, 0.15) is 59.3 Å². The highest BCUT2D eigenvalue weighted by molar-refractivity contribution is 5.66. The summed E-state index contributed by atoms with van der Waals surface area (Å²) in [5.74, 6) is -0.762. The Morgan fingerprint density at radius 1 is 1.28 bits per heavy atom. The van der Waals surface area contributed by atoms with Crippen LogP contribution in [0.25, 0.3) is 0 Å². The molecule has 1 unspecified atom stereocenters. The Kier molecular flexibility index (Phi) is 5.17. The molecule has 3 N–H and O–H groups in total. The minimum absolute atomic E-state index is 0.139. The number of hydrogen-bond acceptors (Lipinski definition) is 3. The van der Waals surface area contributed by atoms with E-state index in [0.29, 0.717) is 18.4 Å². The molecule has 0 radical (unpaired) electrons. The number of carbonyl (C=O) groups is 1. The zero-order chi connectivity index (χ0) is 13.8. The van der Waals surface area contributed by atoms with Gasteiger partial charge < -0.3 is 15.5 Å². The first kappa shape index (κ1) is 15.4. The predicted octanol–water partition coefficient (Wildman–Crippen LogP) is 2.16. The van der Waals surface area contributed by atoms with Crippen molar-refractivity contribution in [3.05, 3.63) is 0 Å². The second-order valence-corrected chi connectivity index (χ2v) is 6.60. The average molecular weight is 257 g/mol. The summed E-state index contributed by atoms with van der Waals surface area (Å²) >= 11 is 0. The number of hydrogen-bond donors (Lipinski definition) is 3. The highest BCUT2D eigenvalue weighted by atomic mass is 16.4. The third kappa shape index (κ3) is 5.36. The Balaban J connectivity index is 2.28. The van der Waals surface area contributed by atoms with E-state index in [0.717, 1.165) is 25.7 Å². The molecular weight excluding hydrogens is 230 g/mol. The third-order valence-corrected chi connectivity index (χ3v) is 4.11. The van der Waals surface area contributed by atoms with Crippen molar-refractivity contribution in [1.82, 2.24) is 5.32 Å². The van der Waals surface area contributed by atoms with Crippen LogP contribution in [0.4, 0.5) is 0 Å². The number of nitrogens with one attached hydrogen (secondary N) is 1. The lowest BCUT2D eigenvalue weighted by Crippen LogP contribution is -2.47. The second-order valence-electron chi connectivity index (χ2n) is 6.60. The molecule has 0 spiro atoms. The van der Waals surface area contributed by atoms with Crippen LogP contribution in [-0.2, 0) is 4.79 Å². The van der Waals surface area contributed by atoms with Crippen LogP contribution >= 0.6 is 0 Å². The van der Waals surface area contributed by atoms with Crippen molar-refractivity contribution in [2.24, 2.45) is 5.41 Å². The lowest BCUT2D eigenvalue weighted by atomic mass is 9.71. The third-order valence-electron chi connectivity index (χ3n) is 4.11. The van der Waals surface area contributed by atoms with Gasteiger partial charge in [-0.15, -0.1) is 0 Å². The molecular formula is C14H27NO3. The maximum Gasteiger partial charge on any atom is 0.303 e. The van der Waals surface area contributed by atoms with Crippen molar-refractivity contribution in [2.75, 3.05) is 6.54 Å². The molecule has 1 fully saturated rings. The number of aliphatic carboxylic acids is 1. The van der Waals surface area contributed by atoms with E-state index in [2.05, 4.69) is 19.2 Å². The Bertz CT molecular complexity index is 279. The molecule has 0 saturated heterocycles. The van der Waals surface area contributed by atoms with Gasteiger partial charge in [0, 0.05) is 19.0 Å². The summed E-state index contributed by atoms with van der Waals surface area (Å²) in [6, 6.07) is 0.139. The predicted molar refractivity (Wildman–Crippen MR) is 71.5 cm³/mol. The number of aliphatic hydroxyl groups is 1. The van der Waals surface area contributed by atoms with Crippen LogP contribution < -0.4 is 5.32 Å². The summed E-state index contributed by atoms with van der Waals surface area (Å²) in [6.07, 6.45) is 4.55. The second kappa shape index (κ2) is 6.02. The molecule has 18 heavy (non-hydrogen) atoms. The van der Waals surface area contributed by atoms with Crippen molar-refractivity contribution in [3.8, 4) is 0 Å². The van der Waals surface area contributed by atoms with E-state index in [-0.39, 0.29) is 12.5 Å². The molecule has 0 bridgehead atoms. The maximum atomic E-state index is 10.5. The van der Waals surface area contributed by atoms with Crippen LogP contribution in [0.5, 0.6) is 0 Å². The fraction of sp³-hybridized carbons (Fsp3) is 0.929. The van der Waals surface area contributed by atoms with Crippen molar-refractivity contribution in [2.45, 2.75) is 70.9 Å². The molecule has 0 aliphatic heterocycles. The monoisotopic (exact) mass is 257 g/mol. The molecule has 1 aliphatic carbocycles. The first-order valence-electron chi connectivity index (χ1n) is 6.90. The molecule has 4 nitrogen and oxygen atoms in total. The Hall–Kier alpha value is -0.610. The van der Waals surface area contributed by atoms with Gasteiger partial charge in [-0.3, -0.25) is 4.79 Å². The molecule has 0 aromatic carbocycles. The van der Waals surface area contributed by atoms with Crippen LogP contribution in [0.15, 0.2) is 0 Å². The smallest absolute Gasteiger partial charge is 0.303 e. The zero-order valence-electron chi connectivity index (χ0n) is 11.8. The van der Waals surface area contributed by atoms with E-state index < -0.39 is 11.6 Å². The molecule has 106 valence electrons. The Labute approximate surface area is 110 Å². The molecule has 0 aromatic rings. The lowest BCUT2D eigenvalue weighted by Gasteiger charge is -2.40. The van der Waals surface area contributed by atoms with Crippen LogP contribution in [-0.4, -0.2) is 34.4 Å². The Morgan fingerprint density at radius 2 is 1.83 bits per heavy atom. The quantitative estimate of drug-likeness (QED) is 0.682. The first-order valence-corrected chi connectivity index (χ1v) is 6.90. The summed E-state index contributed by atoms with van der Waals surface area (Å²) in [5.41, 5.74) is -0.256. The normalized spacial score (nSPS) is 23.6. The zero-order valence-corrected chi connectivity index (χ0v) is 11.8. The van der Waals surface area contributed by atoms with Gasteiger partial charge >= 0.3 is 5.97 Å². The molecule has 1 aliphatic rings. The molecule has 0 aromatic heterocycles. The van der Waals surface area contributed by atoms with Gasteiger partial charge in [0.1, 0.15) is 0 Å². The molecule has 1 atom stereocenters. The topological polar surface area (TPSA) is 69.6 Å². The van der Waals surface area contributed by atoms with Crippen molar-refractivity contribution in [1.29, 1.82) is 0 Å². The summed E-state index contributed by atoms with van der Waals surface area (Å²) in [6.45, 7) is 7.04.